The van der Waals surface area contributed by atoms with Gasteiger partial charge in [0.25, 0.3) is 5.91 Å². The first-order valence-corrected chi connectivity index (χ1v) is 6.49. The number of nitrogens with zero attached hydrogens (tertiary/aromatic N) is 3. The molecule has 1 heterocycles. The van der Waals surface area contributed by atoms with Crippen molar-refractivity contribution in [2.24, 2.45) is 0 Å². The van der Waals surface area contributed by atoms with Gasteiger partial charge in [0.15, 0.2) is 0 Å². The van der Waals surface area contributed by atoms with Crippen molar-refractivity contribution in [3.8, 4) is 0 Å². The number of aromatic nitrogens is 1. The van der Waals surface area contributed by atoms with Crippen LogP contribution in [0.15, 0.2) is 16.7 Å². The van der Waals surface area contributed by atoms with Gasteiger partial charge in [-0.3, -0.25) is 4.79 Å². The molecular formula is C12H21BrCl2N4O. The first-order chi connectivity index (χ1) is 8.47. The summed E-state index contributed by atoms with van der Waals surface area (Å²) in [4.78, 5) is 20.1. The third-order valence-corrected chi connectivity index (χ3v) is 2.96. The van der Waals surface area contributed by atoms with E-state index in [0.717, 1.165) is 11.0 Å². The Morgan fingerprint density at radius 2 is 1.95 bits per heavy atom. The van der Waals surface area contributed by atoms with Crippen LogP contribution in [-0.2, 0) is 0 Å². The summed E-state index contributed by atoms with van der Waals surface area (Å²) >= 11 is 3.35. The minimum atomic E-state index is -0.0252. The number of nitrogens with one attached hydrogen (secondary N) is 1. The monoisotopic (exact) mass is 386 g/mol. The molecule has 0 saturated carbocycles. The highest BCUT2D eigenvalue weighted by Crippen LogP contribution is 2.21. The number of hydrogen-bond donors (Lipinski definition) is 1. The molecule has 0 aliphatic heterocycles. The molecule has 20 heavy (non-hydrogen) atoms. The molecule has 0 unspecified atom stereocenters. The van der Waals surface area contributed by atoms with Crippen molar-refractivity contribution in [3.05, 3.63) is 22.3 Å². The third kappa shape index (κ3) is 5.83. The fraction of sp³-hybridized carbons (Fsp3) is 0.500. The molecule has 0 fully saturated rings. The normalized spacial score (nSPS) is 9.25. The Hall–Kier alpha value is -0.560. The Morgan fingerprint density at radius 3 is 2.45 bits per heavy atom. The van der Waals surface area contributed by atoms with E-state index >= 15 is 0 Å². The first kappa shape index (κ1) is 21.7. The summed E-state index contributed by atoms with van der Waals surface area (Å²) in [6, 6.07) is 1.81. The molecule has 1 amide bonds. The highest BCUT2D eigenvalue weighted by atomic mass is 79.9. The smallest absolute Gasteiger partial charge is 0.257 e. The van der Waals surface area contributed by atoms with Crippen LogP contribution in [0.4, 0.5) is 5.82 Å². The Kier molecular flexibility index (Phi) is 11.1. The van der Waals surface area contributed by atoms with Gasteiger partial charge in [-0.25, -0.2) is 4.98 Å². The maximum Gasteiger partial charge on any atom is 0.257 e. The van der Waals surface area contributed by atoms with Gasteiger partial charge < -0.3 is 15.1 Å². The lowest BCUT2D eigenvalue weighted by Crippen LogP contribution is -2.33. The molecule has 1 N–H and O–H groups in total. The van der Waals surface area contributed by atoms with E-state index in [1.54, 1.807) is 24.2 Å². The van der Waals surface area contributed by atoms with Crippen molar-refractivity contribution in [1.82, 2.24) is 15.2 Å². The van der Waals surface area contributed by atoms with Crippen LogP contribution >= 0.6 is 40.7 Å². The highest BCUT2D eigenvalue weighted by Gasteiger charge is 2.18. The number of pyridine rings is 1. The van der Waals surface area contributed by atoms with Gasteiger partial charge in [-0.05, 0) is 29.0 Å². The van der Waals surface area contributed by atoms with Crippen molar-refractivity contribution in [1.29, 1.82) is 0 Å². The number of anilines is 1. The van der Waals surface area contributed by atoms with E-state index in [0.29, 0.717) is 17.9 Å². The Bertz CT molecular complexity index is 432. The molecule has 1 aromatic heterocycles. The van der Waals surface area contributed by atoms with E-state index in [1.165, 1.54) is 0 Å². The quantitative estimate of drug-likeness (QED) is 0.839. The molecule has 0 aliphatic carbocycles. The van der Waals surface area contributed by atoms with Crippen molar-refractivity contribution >= 4 is 52.5 Å². The van der Waals surface area contributed by atoms with E-state index < -0.39 is 0 Å². The average Bonchev–Trinajstić information content (AvgIpc) is 2.34. The predicted octanol–water partition coefficient (Wildman–Crippen LogP) is 2.05. The van der Waals surface area contributed by atoms with E-state index in [9.17, 15) is 4.79 Å². The van der Waals surface area contributed by atoms with E-state index in [4.69, 9.17) is 0 Å². The molecule has 0 saturated heterocycles. The van der Waals surface area contributed by atoms with Crippen molar-refractivity contribution in [2.45, 2.75) is 0 Å². The van der Waals surface area contributed by atoms with Crippen LogP contribution in [0.3, 0.4) is 0 Å². The van der Waals surface area contributed by atoms with Gasteiger partial charge in [-0.15, -0.1) is 24.8 Å². The zero-order valence-electron chi connectivity index (χ0n) is 12.0. The number of amides is 1. The third-order valence-electron chi connectivity index (χ3n) is 2.53. The van der Waals surface area contributed by atoms with E-state index in [1.807, 2.05) is 26.0 Å². The molecule has 0 bridgehead atoms. The molecule has 0 atom stereocenters. The standard InChI is InChI=1S/C12H19BrN4O.2ClH/c1-14-5-6-17(4)12(18)10-7-9(13)8-15-11(10)16(2)3;;/h7-8,14H,5-6H2,1-4H3;2*1H. The number of hydrogen-bond acceptors (Lipinski definition) is 4. The number of carbonyl (C=O) groups excluding carboxylic acids is 1. The van der Waals surface area contributed by atoms with E-state index in [2.05, 4.69) is 26.2 Å². The largest absolute Gasteiger partial charge is 0.362 e. The first-order valence-electron chi connectivity index (χ1n) is 5.70. The highest BCUT2D eigenvalue weighted by molar-refractivity contribution is 9.10. The van der Waals surface area contributed by atoms with Crippen LogP contribution in [0.1, 0.15) is 10.4 Å². The second-order valence-corrected chi connectivity index (χ2v) is 5.17. The Balaban J connectivity index is 0. The maximum absolute atomic E-state index is 12.3. The van der Waals surface area contributed by atoms with Crippen LogP contribution in [0.25, 0.3) is 0 Å². The summed E-state index contributed by atoms with van der Waals surface area (Å²) in [5.74, 6) is 0.655. The minimum Gasteiger partial charge on any atom is -0.362 e. The SMILES string of the molecule is CNCCN(C)C(=O)c1cc(Br)cnc1N(C)C.Cl.Cl. The number of halogens is 3. The topological polar surface area (TPSA) is 48.5 Å². The summed E-state index contributed by atoms with van der Waals surface area (Å²) in [5, 5.41) is 3.02. The van der Waals surface area contributed by atoms with Gasteiger partial charge in [0.2, 0.25) is 0 Å². The average molecular weight is 388 g/mol. The molecule has 0 aliphatic rings. The van der Waals surface area contributed by atoms with Gasteiger partial charge in [-0.1, -0.05) is 0 Å². The number of carbonyl (C=O) groups is 1. The molecule has 5 nitrogen and oxygen atoms in total. The van der Waals surface area contributed by atoms with Crippen LogP contribution < -0.4 is 10.2 Å². The Morgan fingerprint density at radius 1 is 1.35 bits per heavy atom. The van der Waals surface area contributed by atoms with Crippen LogP contribution in [-0.4, -0.2) is 57.1 Å². The molecule has 116 valence electrons. The zero-order chi connectivity index (χ0) is 13.7. The van der Waals surface area contributed by atoms with Gasteiger partial charge in [-0.2, -0.15) is 0 Å². The van der Waals surface area contributed by atoms with Gasteiger partial charge in [0.05, 0.1) is 5.56 Å². The van der Waals surface area contributed by atoms with Crippen LogP contribution in [0.2, 0.25) is 0 Å². The van der Waals surface area contributed by atoms with Crippen molar-refractivity contribution < 1.29 is 4.79 Å². The predicted molar refractivity (Wildman–Crippen MR) is 91.6 cm³/mol. The molecule has 0 spiro atoms. The van der Waals surface area contributed by atoms with Crippen LogP contribution in [0.5, 0.6) is 0 Å². The minimum absolute atomic E-state index is 0. The summed E-state index contributed by atoms with van der Waals surface area (Å²) in [6.45, 7) is 1.43. The Labute approximate surface area is 141 Å². The molecule has 0 radical (unpaired) electrons. The fourth-order valence-corrected chi connectivity index (χ4v) is 1.86. The van der Waals surface area contributed by atoms with Gasteiger partial charge >= 0.3 is 0 Å². The molecule has 1 aromatic rings. The van der Waals surface area contributed by atoms with Crippen LogP contribution in [0, 0.1) is 0 Å². The molecule has 8 heteroatoms. The van der Waals surface area contributed by atoms with E-state index in [-0.39, 0.29) is 30.7 Å². The lowest BCUT2D eigenvalue weighted by atomic mass is 10.2. The summed E-state index contributed by atoms with van der Waals surface area (Å²) in [6.07, 6.45) is 1.69. The van der Waals surface area contributed by atoms with Crippen molar-refractivity contribution in [3.63, 3.8) is 0 Å². The fourth-order valence-electron chi connectivity index (χ4n) is 1.53. The second-order valence-electron chi connectivity index (χ2n) is 4.25. The molecule has 0 aromatic carbocycles. The zero-order valence-corrected chi connectivity index (χ0v) is 15.2. The second kappa shape index (κ2) is 10.2. The summed E-state index contributed by atoms with van der Waals surface area (Å²) < 4.78 is 0.804. The van der Waals surface area contributed by atoms with Gasteiger partial charge in [0.1, 0.15) is 5.82 Å². The number of rotatable bonds is 5. The molecular weight excluding hydrogens is 367 g/mol. The lowest BCUT2D eigenvalue weighted by molar-refractivity contribution is 0.0797. The number of likely N-dealkylation sites (N-methyl/N-ethyl adjacent to an activating group) is 2. The summed E-state index contributed by atoms with van der Waals surface area (Å²) in [7, 11) is 7.41. The summed E-state index contributed by atoms with van der Waals surface area (Å²) in [5.41, 5.74) is 0.605. The maximum atomic E-state index is 12.3. The van der Waals surface area contributed by atoms with Gasteiger partial charge in [0, 0.05) is 44.9 Å². The van der Waals surface area contributed by atoms with Crippen molar-refractivity contribution in [2.75, 3.05) is 46.2 Å². The molecule has 1 rings (SSSR count). The lowest BCUT2D eigenvalue weighted by Gasteiger charge is -2.21.